The number of alkyl halides is 5. The number of hydrogen-bond donors (Lipinski definition) is 4. The van der Waals surface area contributed by atoms with Crippen LogP contribution in [0.1, 0.15) is 66.7 Å². The van der Waals surface area contributed by atoms with Gasteiger partial charge in [0.05, 0.1) is 6.54 Å². The summed E-state index contributed by atoms with van der Waals surface area (Å²) in [7, 11) is 0. The minimum absolute atomic E-state index is 0.00538. The van der Waals surface area contributed by atoms with E-state index in [0.29, 0.717) is 12.8 Å². The van der Waals surface area contributed by atoms with Crippen molar-refractivity contribution in [2.75, 3.05) is 6.54 Å². The molecule has 1 saturated carbocycles. The second-order valence-corrected chi connectivity index (χ2v) is 12.2. The number of amides is 4. The molecule has 222 valence electrons. The smallest absolute Gasteiger partial charge is 0.351 e. The van der Waals surface area contributed by atoms with E-state index >= 15 is 0 Å². The van der Waals surface area contributed by atoms with Crippen molar-refractivity contribution < 1.29 is 41.1 Å². The Bertz CT molecular complexity index is 963. The molecule has 2 rings (SSSR count). The average molecular weight is 568 g/mol. The number of carbonyl (C=O) groups is 4. The standard InChI is InChI=1S/C25H38F5N5O4/c1-22(2,3)17(34-21(39)25(28,29)30)20(38)33-16(10-14-11-24(14,26)27)19(37)32-15(12-31-6)9-13-7-8-23(4,5)35-18(13)36/h13-17H,6-12H2,1-5H3,(H,32,37)(H,33,38)(H,34,39)(H,35,36)/t13-,14?,15-,16-,17+/m0/s1. The number of carbonyl (C=O) groups excluding carboxylic acids is 4. The fourth-order valence-electron chi connectivity index (χ4n) is 4.55. The molecule has 0 aromatic heterocycles. The Morgan fingerprint density at radius 1 is 1.08 bits per heavy atom. The Morgan fingerprint density at radius 3 is 2.13 bits per heavy atom. The lowest BCUT2D eigenvalue weighted by Gasteiger charge is -2.36. The fraction of sp³-hybridized carbons (Fsp3) is 0.800. The van der Waals surface area contributed by atoms with Gasteiger partial charge in [-0.25, -0.2) is 8.78 Å². The summed E-state index contributed by atoms with van der Waals surface area (Å²) in [6, 6.07) is -3.97. The summed E-state index contributed by atoms with van der Waals surface area (Å²) in [5, 5.41) is 9.43. The molecule has 4 N–H and O–H groups in total. The molecule has 9 nitrogen and oxygen atoms in total. The van der Waals surface area contributed by atoms with Crippen molar-refractivity contribution in [3.63, 3.8) is 0 Å². The molecule has 1 aliphatic heterocycles. The van der Waals surface area contributed by atoms with E-state index in [4.69, 9.17) is 0 Å². The Morgan fingerprint density at radius 2 is 1.67 bits per heavy atom. The number of piperidine rings is 1. The Kier molecular flexibility index (Phi) is 9.76. The van der Waals surface area contributed by atoms with E-state index in [-0.39, 0.29) is 24.4 Å². The van der Waals surface area contributed by atoms with Crippen molar-refractivity contribution in [1.29, 1.82) is 0 Å². The quantitative estimate of drug-likeness (QED) is 0.226. The third-order valence-corrected chi connectivity index (χ3v) is 6.99. The molecular weight excluding hydrogens is 529 g/mol. The first-order chi connectivity index (χ1) is 17.7. The zero-order chi connectivity index (χ0) is 30.0. The lowest BCUT2D eigenvalue weighted by atomic mass is 9.83. The van der Waals surface area contributed by atoms with Gasteiger partial charge in [0, 0.05) is 29.8 Å². The van der Waals surface area contributed by atoms with Gasteiger partial charge in [-0.3, -0.25) is 24.2 Å². The lowest BCUT2D eigenvalue weighted by molar-refractivity contribution is -0.175. The molecule has 0 aromatic rings. The average Bonchev–Trinajstić information content (AvgIpc) is 3.36. The van der Waals surface area contributed by atoms with E-state index < -0.39 is 78.0 Å². The van der Waals surface area contributed by atoms with Crippen molar-refractivity contribution >= 4 is 30.3 Å². The number of rotatable bonds is 11. The van der Waals surface area contributed by atoms with Gasteiger partial charge in [-0.05, 0) is 51.7 Å². The molecule has 4 amide bonds. The van der Waals surface area contributed by atoms with Crippen LogP contribution < -0.4 is 21.3 Å². The molecule has 1 heterocycles. The highest BCUT2D eigenvalue weighted by Crippen LogP contribution is 2.51. The molecule has 0 aromatic carbocycles. The van der Waals surface area contributed by atoms with Gasteiger partial charge in [-0.2, -0.15) is 13.2 Å². The molecule has 1 aliphatic carbocycles. The van der Waals surface area contributed by atoms with Gasteiger partial charge in [-0.15, -0.1) is 0 Å². The third kappa shape index (κ3) is 9.41. The number of hydrogen-bond acceptors (Lipinski definition) is 5. The molecule has 14 heteroatoms. The van der Waals surface area contributed by atoms with E-state index in [2.05, 4.69) is 27.7 Å². The van der Waals surface area contributed by atoms with Crippen LogP contribution in [-0.4, -0.2) is 72.7 Å². The van der Waals surface area contributed by atoms with Crippen LogP contribution in [0.4, 0.5) is 22.0 Å². The highest BCUT2D eigenvalue weighted by Gasteiger charge is 2.58. The first kappa shape index (κ1) is 32.4. The molecule has 0 bridgehead atoms. The maximum Gasteiger partial charge on any atom is 0.471 e. The van der Waals surface area contributed by atoms with Crippen LogP contribution in [-0.2, 0) is 19.2 Å². The van der Waals surface area contributed by atoms with Crippen molar-refractivity contribution in [3.05, 3.63) is 0 Å². The molecule has 39 heavy (non-hydrogen) atoms. The largest absolute Gasteiger partial charge is 0.471 e. The number of nitrogens with zero attached hydrogens (tertiary/aromatic N) is 1. The number of aliphatic imine (C=N–C) groups is 1. The van der Waals surface area contributed by atoms with E-state index in [1.165, 1.54) is 20.8 Å². The molecule has 1 saturated heterocycles. The van der Waals surface area contributed by atoms with Crippen LogP contribution in [0.15, 0.2) is 4.99 Å². The number of nitrogens with one attached hydrogen (secondary N) is 4. The second kappa shape index (κ2) is 11.7. The zero-order valence-corrected chi connectivity index (χ0v) is 22.8. The number of halogens is 5. The van der Waals surface area contributed by atoms with Crippen LogP contribution in [0.3, 0.4) is 0 Å². The summed E-state index contributed by atoms with van der Waals surface area (Å²) >= 11 is 0. The highest BCUT2D eigenvalue weighted by atomic mass is 19.4. The first-order valence-corrected chi connectivity index (χ1v) is 12.8. The van der Waals surface area contributed by atoms with Gasteiger partial charge >= 0.3 is 12.1 Å². The fourth-order valence-corrected chi connectivity index (χ4v) is 4.55. The molecule has 2 aliphatic rings. The van der Waals surface area contributed by atoms with E-state index in [9.17, 15) is 41.1 Å². The van der Waals surface area contributed by atoms with Gasteiger partial charge in [0.15, 0.2) is 0 Å². The first-order valence-electron chi connectivity index (χ1n) is 12.8. The molecule has 2 fully saturated rings. The third-order valence-electron chi connectivity index (χ3n) is 6.99. The maximum absolute atomic E-state index is 13.7. The highest BCUT2D eigenvalue weighted by molar-refractivity contribution is 5.93. The minimum atomic E-state index is -5.26. The summed E-state index contributed by atoms with van der Waals surface area (Å²) in [4.78, 5) is 54.1. The van der Waals surface area contributed by atoms with E-state index in [1.807, 2.05) is 13.8 Å². The molecule has 1 unspecified atom stereocenters. The summed E-state index contributed by atoms with van der Waals surface area (Å²) < 4.78 is 66.0. The van der Waals surface area contributed by atoms with Crippen LogP contribution in [0.5, 0.6) is 0 Å². The summed E-state index contributed by atoms with van der Waals surface area (Å²) in [6.45, 7) is 11.4. The van der Waals surface area contributed by atoms with Crippen molar-refractivity contribution in [1.82, 2.24) is 21.3 Å². The van der Waals surface area contributed by atoms with Crippen LogP contribution in [0.2, 0.25) is 0 Å². The van der Waals surface area contributed by atoms with Gasteiger partial charge in [-0.1, -0.05) is 20.8 Å². The maximum atomic E-state index is 13.7. The predicted octanol–water partition coefficient (Wildman–Crippen LogP) is 2.49. The normalized spacial score (nSPS) is 24.4. The van der Waals surface area contributed by atoms with E-state index in [0.717, 1.165) is 0 Å². The summed E-state index contributed by atoms with van der Waals surface area (Å²) in [5.41, 5.74) is -1.59. The zero-order valence-electron chi connectivity index (χ0n) is 22.8. The van der Waals surface area contributed by atoms with Crippen molar-refractivity contribution in [2.45, 2.75) is 102 Å². The van der Waals surface area contributed by atoms with E-state index in [1.54, 1.807) is 5.32 Å². The van der Waals surface area contributed by atoms with Gasteiger partial charge in [0.25, 0.3) is 5.92 Å². The molecular formula is C25H38F5N5O4. The van der Waals surface area contributed by atoms with Gasteiger partial charge in [0.2, 0.25) is 17.7 Å². The van der Waals surface area contributed by atoms with Gasteiger partial charge in [0.1, 0.15) is 12.1 Å². The lowest BCUT2D eigenvalue weighted by Crippen LogP contribution is -2.60. The van der Waals surface area contributed by atoms with Crippen LogP contribution in [0.25, 0.3) is 0 Å². The summed E-state index contributed by atoms with van der Waals surface area (Å²) in [5.74, 6) is -9.24. The molecule has 0 radical (unpaired) electrons. The van der Waals surface area contributed by atoms with Crippen LogP contribution >= 0.6 is 0 Å². The Hall–Kier alpha value is -2.80. The monoisotopic (exact) mass is 567 g/mol. The van der Waals surface area contributed by atoms with Crippen LogP contribution in [0, 0.1) is 17.3 Å². The molecule has 0 spiro atoms. The van der Waals surface area contributed by atoms with Gasteiger partial charge < -0.3 is 21.3 Å². The summed E-state index contributed by atoms with van der Waals surface area (Å²) in [6.07, 6.45) is -4.82. The second-order valence-electron chi connectivity index (χ2n) is 12.2. The topological polar surface area (TPSA) is 129 Å². The minimum Gasteiger partial charge on any atom is -0.351 e. The predicted molar refractivity (Wildman–Crippen MR) is 133 cm³/mol. The van der Waals surface area contributed by atoms with Crippen molar-refractivity contribution in [2.24, 2.45) is 22.2 Å². The Balaban J connectivity index is 2.19. The Labute approximate surface area is 224 Å². The van der Waals surface area contributed by atoms with Crippen molar-refractivity contribution in [3.8, 4) is 0 Å². The molecule has 5 atom stereocenters. The SMILES string of the molecule is C=NC[C@H](C[C@@H]1CCC(C)(C)NC1=O)NC(=O)[C@H](CC1CC1(F)F)NC(=O)[C@@H](NC(=O)C(F)(F)F)C(C)(C)C.